The smallest absolute Gasteiger partial charge is 0.331 e. The summed E-state index contributed by atoms with van der Waals surface area (Å²) in [6, 6.07) is 7.66. The fourth-order valence-electron chi connectivity index (χ4n) is 1.46. The number of carbonyl (C=O) groups is 1. The highest BCUT2D eigenvalue weighted by atomic mass is 16.5. The summed E-state index contributed by atoms with van der Waals surface area (Å²) >= 11 is 0. The summed E-state index contributed by atoms with van der Waals surface area (Å²) in [7, 11) is 0. The summed E-state index contributed by atoms with van der Waals surface area (Å²) in [6.45, 7) is 7.99. The van der Waals surface area contributed by atoms with Crippen LogP contribution in [0.25, 0.3) is 6.08 Å². The quantitative estimate of drug-likeness (QED) is 0.552. The van der Waals surface area contributed by atoms with Gasteiger partial charge in [-0.05, 0) is 50.5 Å². The third kappa shape index (κ3) is 5.91. The number of esters is 1. The lowest BCUT2D eigenvalue weighted by molar-refractivity contribution is -0.142. The molecule has 2 atom stereocenters. The van der Waals surface area contributed by atoms with Crippen molar-refractivity contribution in [3.8, 4) is 5.75 Å². The van der Waals surface area contributed by atoms with Gasteiger partial charge >= 0.3 is 5.97 Å². The van der Waals surface area contributed by atoms with Gasteiger partial charge in [0.15, 0.2) is 0 Å². The van der Waals surface area contributed by atoms with Gasteiger partial charge in [-0.2, -0.15) is 0 Å². The lowest BCUT2D eigenvalue weighted by Crippen LogP contribution is -2.11. The summed E-state index contributed by atoms with van der Waals surface area (Å²) in [4.78, 5) is 11.5. The van der Waals surface area contributed by atoms with Crippen LogP contribution in [-0.2, 0) is 9.53 Å². The van der Waals surface area contributed by atoms with E-state index in [1.165, 1.54) is 6.08 Å². The molecule has 0 spiro atoms. The van der Waals surface area contributed by atoms with E-state index in [1.807, 2.05) is 45.0 Å². The van der Waals surface area contributed by atoms with E-state index in [2.05, 4.69) is 6.92 Å². The largest absolute Gasteiger partial charge is 0.491 e. The lowest BCUT2D eigenvalue weighted by atomic mass is 10.2. The summed E-state index contributed by atoms with van der Waals surface area (Å²) in [5, 5.41) is 0. The normalized spacial score (nSPS) is 14.0. The second kappa shape index (κ2) is 8.41. The van der Waals surface area contributed by atoms with Crippen LogP contribution in [0.4, 0.5) is 0 Å². The highest BCUT2D eigenvalue weighted by Gasteiger charge is 2.03. The van der Waals surface area contributed by atoms with Crippen molar-refractivity contribution >= 4 is 12.0 Å². The van der Waals surface area contributed by atoms with Crippen LogP contribution in [0.2, 0.25) is 0 Å². The van der Waals surface area contributed by atoms with Crippen LogP contribution in [0.5, 0.6) is 5.75 Å². The van der Waals surface area contributed by atoms with Gasteiger partial charge in [-0.3, -0.25) is 0 Å². The Bertz CT molecular complexity index is 434. The van der Waals surface area contributed by atoms with Crippen molar-refractivity contribution in [2.75, 3.05) is 0 Å². The molecule has 3 heteroatoms. The minimum absolute atomic E-state index is 0.0431. The van der Waals surface area contributed by atoms with Gasteiger partial charge < -0.3 is 9.47 Å². The maximum atomic E-state index is 11.5. The topological polar surface area (TPSA) is 35.5 Å². The van der Waals surface area contributed by atoms with Gasteiger partial charge in [0.2, 0.25) is 0 Å². The Morgan fingerprint density at radius 3 is 2.25 bits per heavy atom. The summed E-state index contributed by atoms with van der Waals surface area (Å²) < 4.78 is 10.9. The second-order valence-corrected chi connectivity index (χ2v) is 4.89. The lowest BCUT2D eigenvalue weighted by Gasteiger charge is -2.12. The zero-order chi connectivity index (χ0) is 15.0. The van der Waals surface area contributed by atoms with Crippen molar-refractivity contribution in [1.29, 1.82) is 0 Å². The van der Waals surface area contributed by atoms with Crippen molar-refractivity contribution < 1.29 is 14.3 Å². The number of hydrogen-bond acceptors (Lipinski definition) is 3. The number of ether oxygens (including phenoxy) is 2. The maximum absolute atomic E-state index is 11.5. The molecule has 0 radical (unpaired) electrons. The number of carbonyl (C=O) groups excluding carboxylic acids is 1. The van der Waals surface area contributed by atoms with Gasteiger partial charge in [0.05, 0.1) is 12.2 Å². The zero-order valence-electron chi connectivity index (χ0n) is 12.8. The van der Waals surface area contributed by atoms with Crippen LogP contribution in [-0.4, -0.2) is 18.2 Å². The van der Waals surface area contributed by atoms with Crippen LogP contribution in [0.3, 0.4) is 0 Å². The van der Waals surface area contributed by atoms with Crippen LogP contribution in [0, 0.1) is 0 Å². The van der Waals surface area contributed by atoms with Gasteiger partial charge in [-0.15, -0.1) is 0 Å². The fraction of sp³-hybridized carbons (Fsp3) is 0.471. The third-order valence-corrected chi connectivity index (χ3v) is 3.10. The molecular formula is C17H24O3. The molecule has 0 aliphatic heterocycles. The van der Waals surface area contributed by atoms with E-state index in [9.17, 15) is 4.79 Å². The first-order chi connectivity index (χ1) is 9.55. The molecule has 0 aliphatic rings. The first kappa shape index (κ1) is 16.3. The highest BCUT2D eigenvalue weighted by Crippen LogP contribution is 2.15. The Kier molecular flexibility index (Phi) is 6.85. The fourth-order valence-corrected chi connectivity index (χ4v) is 1.46. The number of rotatable bonds is 7. The molecular weight excluding hydrogens is 252 g/mol. The minimum atomic E-state index is -0.306. The molecule has 2 unspecified atom stereocenters. The molecule has 0 bridgehead atoms. The molecule has 1 aromatic rings. The molecule has 1 rings (SSSR count). The molecule has 0 aromatic heterocycles. The standard InChI is InChI=1S/C17H24O3/c1-5-13(3)19-16-10-7-15(8-11-16)9-12-17(18)20-14(4)6-2/h7-14H,5-6H2,1-4H3. The molecule has 0 fully saturated rings. The number of benzene rings is 1. The molecule has 0 amide bonds. The van der Waals surface area contributed by atoms with Gasteiger partial charge in [-0.1, -0.05) is 26.0 Å². The monoisotopic (exact) mass is 276 g/mol. The molecule has 0 heterocycles. The average molecular weight is 276 g/mol. The van der Waals surface area contributed by atoms with E-state index < -0.39 is 0 Å². The summed E-state index contributed by atoms with van der Waals surface area (Å²) in [5.74, 6) is 0.540. The van der Waals surface area contributed by atoms with Crippen molar-refractivity contribution in [2.45, 2.75) is 52.7 Å². The van der Waals surface area contributed by atoms with Crippen molar-refractivity contribution in [1.82, 2.24) is 0 Å². The Hall–Kier alpha value is -1.77. The molecule has 1 aromatic carbocycles. The molecule has 3 nitrogen and oxygen atoms in total. The predicted octanol–water partition coefficient (Wildman–Crippen LogP) is 4.22. The van der Waals surface area contributed by atoms with Crippen LogP contribution >= 0.6 is 0 Å². The van der Waals surface area contributed by atoms with E-state index in [0.717, 1.165) is 24.2 Å². The zero-order valence-corrected chi connectivity index (χ0v) is 12.8. The summed E-state index contributed by atoms with van der Waals surface area (Å²) in [5.41, 5.74) is 0.947. The molecule has 0 saturated heterocycles. The SMILES string of the molecule is CCC(C)OC(=O)C=Cc1ccc(OC(C)CC)cc1. The van der Waals surface area contributed by atoms with Gasteiger partial charge in [-0.25, -0.2) is 4.79 Å². The van der Waals surface area contributed by atoms with Crippen LogP contribution in [0.15, 0.2) is 30.3 Å². The van der Waals surface area contributed by atoms with Crippen LogP contribution < -0.4 is 4.74 Å². The van der Waals surface area contributed by atoms with Crippen molar-refractivity contribution in [3.05, 3.63) is 35.9 Å². The Morgan fingerprint density at radius 1 is 1.10 bits per heavy atom. The highest BCUT2D eigenvalue weighted by molar-refractivity contribution is 5.87. The maximum Gasteiger partial charge on any atom is 0.331 e. The van der Waals surface area contributed by atoms with E-state index in [-0.39, 0.29) is 18.2 Å². The van der Waals surface area contributed by atoms with E-state index >= 15 is 0 Å². The van der Waals surface area contributed by atoms with E-state index in [1.54, 1.807) is 6.08 Å². The average Bonchev–Trinajstić information content (AvgIpc) is 2.46. The van der Waals surface area contributed by atoms with Gasteiger partial charge in [0.25, 0.3) is 0 Å². The first-order valence-corrected chi connectivity index (χ1v) is 7.20. The minimum Gasteiger partial charge on any atom is -0.491 e. The molecule has 0 saturated carbocycles. The van der Waals surface area contributed by atoms with Crippen molar-refractivity contribution in [3.63, 3.8) is 0 Å². The second-order valence-electron chi connectivity index (χ2n) is 4.89. The van der Waals surface area contributed by atoms with E-state index in [0.29, 0.717) is 0 Å². The number of hydrogen-bond donors (Lipinski definition) is 0. The summed E-state index contributed by atoms with van der Waals surface area (Å²) in [6.07, 6.45) is 5.17. The molecule has 110 valence electrons. The van der Waals surface area contributed by atoms with Gasteiger partial charge in [0.1, 0.15) is 5.75 Å². The molecule has 20 heavy (non-hydrogen) atoms. The van der Waals surface area contributed by atoms with E-state index in [4.69, 9.17) is 9.47 Å². The molecule has 0 N–H and O–H groups in total. The molecule has 0 aliphatic carbocycles. The predicted molar refractivity (Wildman–Crippen MR) is 81.7 cm³/mol. The Balaban J connectivity index is 2.54. The Labute approximate surface area is 121 Å². The van der Waals surface area contributed by atoms with Gasteiger partial charge in [0, 0.05) is 6.08 Å². The Morgan fingerprint density at radius 2 is 1.70 bits per heavy atom. The van der Waals surface area contributed by atoms with Crippen molar-refractivity contribution in [2.24, 2.45) is 0 Å². The van der Waals surface area contributed by atoms with Crippen LogP contribution in [0.1, 0.15) is 46.1 Å². The third-order valence-electron chi connectivity index (χ3n) is 3.10. The first-order valence-electron chi connectivity index (χ1n) is 7.20.